The molecule has 3 amide bonds. The van der Waals surface area contributed by atoms with E-state index in [0.29, 0.717) is 35.7 Å². The van der Waals surface area contributed by atoms with E-state index in [1.54, 1.807) is 31.5 Å². The van der Waals surface area contributed by atoms with Gasteiger partial charge < -0.3 is 15.4 Å². The second kappa shape index (κ2) is 6.39. The molecule has 0 radical (unpaired) electrons. The lowest BCUT2D eigenvalue weighted by Gasteiger charge is -2.29. The molecular formula is C19H18N4O4. The SMILES string of the molecule is COc1cc(N)cnc1-c1ccc2c(c1)CN(C1CCC(=O)NC1=O)C2=O. The summed E-state index contributed by atoms with van der Waals surface area (Å²) in [4.78, 5) is 42.1. The quantitative estimate of drug-likeness (QED) is 0.786. The van der Waals surface area contributed by atoms with E-state index in [4.69, 9.17) is 10.5 Å². The van der Waals surface area contributed by atoms with E-state index in [-0.39, 0.29) is 18.2 Å². The van der Waals surface area contributed by atoms with E-state index in [2.05, 4.69) is 10.3 Å². The van der Waals surface area contributed by atoms with Crippen molar-refractivity contribution in [3.8, 4) is 17.0 Å². The number of methoxy groups -OCH3 is 1. The fourth-order valence-electron chi connectivity index (χ4n) is 3.55. The van der Waals surface area contributed by atoms with Crippen molar-refractivity contribution in [2.45, 2.75) is 25.4 Å². The van der Waals surface area contributed by atoms with Gasteiger partial charge in [-0.3, -0.25) is 24.7 Å². The molecule has 8 heteroatoms. The smallest absolute Gasteiger partial charge is 0.255 e. The Morgan fingerprint density at radius 3 is 2.81 bits per heavy atom. The number of carbonyl (C=O) groups is 3. The highest BCUT2D eigenvalue weighted by molar-refractivity contribution is 6.05. The number of nitrogen functional groups attached to an aromatic ring is 1. The highest BCUT2D eigenvalue weighted by atomic mass is 16.5. The van der Waals surface area contributed by atoms with Gasteiger partial charge in [-0.15, -0.1) is 0 Å². The maximum absolute atomic E-state index is 12.7. The first-order valence-corrected chi connectivity index (χ1v) is 8.55. The van der Waals surface area contributed by atoms with Gasteiger partial charge in [0.05, 0.1) is 19.0 Å². The van der Waals surface area contributed by atoms with E-state index >= 15 is 0 Å². The van der Waals surface area contributed by atoms with Gasteiger partial charge in [-0.1, -0.05) is 6.07 Å². The fourth-order valence-corrected chi connectivity index (χ4v) is 3.55. The molecule has 1 atom stereocenters. The van der Waals surface area contributed by atoms with Crippen LogP contribution in [0, 0.1) is 0 Å². The lowest BCUT2D eigenvalue weighted by Crippen LogP contribution is -2.52. The largest absolute Gasteiger partial charge is 0.494 e. The number of nitrogens with two attached hydrogens (primary N) is 1. The summed E-state index contributed by atoms with van der Waals surface area (Å²) in [5.74, 6) is -0.386. The average molecular weight is 366 g/mol. The second-order valence-corrected chi connectivity index (χ2v) is 6.59. The number of aromatic nitrogens is 1. The van der Waals surface area contributed by atoms with Crippen LogP contribution in [-0.2, 0) is 16.1 Å². The number of hydrogen-bond acceptors (Lipinski definition) is 6. The van der Waals surface area contributed by atoms with Crippen LogP contribution in [0.25, 0.3) is 11.3 Å². The Morgan fingerprint density at radius 2 is 2.07 bits per heavy atom. The Morgan fingerprint density at radius 1 is 1.26 bits per heavy atom. The zero-order valence-corrected chi connectivity index (χ0v) is 14.7. The number of nitrogens with zero attached hydrogens (tertiary/aromatic N) is 2. The molecule has 27 heavy (non-hydrogen) atoms. The number of pyridine rings is 1. The molecule has 1 fully saturated rings. The zero-order chi connectivity index (χ0) is 19.1. The van der Waals surface area contributed by atoms with Gasteiger partial charge in [0.1, 0.15) is 17.5 Å². The Kier molecular flexibility index (Phi) is 4.02. The minimum Gasteiger partial charge on any atom is -0.494 e. The molecule has 0 spiro atoms. The van der Waals surface area contributed by atoms with Gasteiger partial charge in [0.2, 0.25) is 11.8 Å². The van der Waals surface area contributed by atoms with Crippen molar-refractivity contribution in [2.24, 2.45) is 0 Å². The van der Waals surface area contributed by atoms with E-state index in [1.807, 2.05) is 6.07 Å². The van der Waals surface area contributed by atoms with Crippen LogP contribution in [0.5, 0.6) is 5.75 Å². The summed E-state index contributed by atoms with van der Waals surface area (Å²) in [6.07, 6.45) is 2.12. The number of imide groups is 1. The van der Waals surface area contributed by atoms with Crippen molar-refractivity contribution in [3.05, 3.63) is 41.6 Å². The van der Waals surface area contributed by atoms with Crippen molar-refractivity contribution in [2.75, 3.05) is 12.8 Å². The Hall–Kier alpha value is -3.42. The van der Waals surface area contributed by atoms with Gasteiger partial charge in [-0.25, -0.2) is 0 Å². The summed E-state index contributed by atoms with van der Waals surface area (Å²) in [6.45, 7) is 0.311. The number of ether oxygens (including phenoxy) is 1. The zero-order valence-electron chi connectivity index (χ0n) is 14.7. The minimum absolute atomic E-state index is 0.205. The summed E-state index contributed by atoms with van der Waals surface area (Å²) in [5, 5.41) is 2.30. The molecule has 0 bridgehead atoms. The van der Waals surface area contributed by atoms with Gasteiger partial charge in [0.25, 0.3) is 5.91 Å². The molecule has 3 N–H and O–H groups in total. The standard InChI is InChI=1S/C19H18N4O4/c1-27-15-7-12(20)8-21-17(15)10-2-3-13-11(6-10)9-23(19(13)26)14-4-5-16(24)22-18(14)25/h2-3,6-8,14H,4-5,9,20H2,1H3,(H,22,24,25). The first-order chi connectivity index (χ1) is 13.0. The maximum atomic E-state index is 12.7. The van der Waals surface area contributed by atoms with Crippen molar-refractivity contribution in [1.29, 1.82) is 0 Å². The molecule has 1 saturated heterocycles. The highest BCUT2D eigenvalue weighted by Crippen LogP contribution is 2.34. The normalized spacial score (nSPS) is 19.1. The van der Waals surface area contributed by atoms with Crippen LogP contribution >= 0.6 is 0 Å². The number of piperidine rings is 1. The van der Waals surface area contributed by atoms with Crippen LogP contribution in [0.3, 0.4) is 0 Å². The molecule has 2 aliphatic rings. The number of nitrogens with one attached hydrogen (secondary N) is 1. The molecule has 0 aliphatic carbocycles. The molecule has 2 aliphatic heterocycles. The van der Waals surface area contributed by atoms with Crippen molar-refractivity contribution >= 4 is 23.4 Å². The molecule has 4 rings (SSSR count). The van der Waals surface area contributed by atoms with E-state index in [9.17, 15) is 14.4 Å². The average Bonchev–Trinajstić information content (AvgIpc) is 2.97. The molecule has 2 aromatic rings. The predicted octanol–water partition coefficient (Wildman–Crippen LogP) is 1.10. The summed E-state index contributed by atoms with van der Waals surface area (Å²) in [5.41, 5.74) is 9.04. The van der Waals surface area contributed by atoms with Crippen LogP contribution in [0.2, 0.25) is 0 Å². The van der Waals surface area contributed by atoms with Gasteiger partial charge >= 0.3 is 0 Å². The van der Waals surface area contributed by atoms with Crippen molar-refractivity contribution in [1.82, 2.24) is 15.2 Å². The molecule has 138 valence electrons. The predicted molar refractivity (Wildman–Crippen MR) is 96.7 cm³/mol. The van der Waals surface area contributed by atoms with E-state index in [0.717, 1.165) is 11.1 Å². The molecule has 8 nitrogen and oxygen atoms in total. The molecule has 1 unspecified atom stereocenters. The van der Waals surface area contributed by atoms with Gasteiger partial charge in [-0.2, -0.15) is 0 Å². The van der Waals surface area contributed by atoms with E-state index in [1.165, 1.54) is 4.90 Å². The third-order valence-electron chi connectivity index (χ3n) is 4.89. The first kappa shape index (κ1) is 17.0. The minimum atomic E-state index is -0.629. The van der Waals surface area contributed by atoms with Crippen molar-refractivity contribution in [3.63, 3.8) is 0 Å². The van der Waals surface area contributed by atoms with Crippen LogP contribution < -0.4 is 15.8 Å². The van der Waals surface area contributed by atoms with Crippen LogP contribution in [-0.4, -0.2) is 40.8 Å². The monoisotopic (exact) mass is 366 g/mol. The number of rotatable bonds is 3. The number of amides is 3. The fraction of sp³-hybridized carbons (Fsp3) is 0.263. The number of benzene rings is 1. The number of anilines is 1. The summed E-state index contributed by atoms with van der Waals surface area (Å²) in [7, 11) is 1.54. The number of carbonyl (C=O) groups excluding carboxylic acids is 3. The topological polar surface area (TPSA) is 115 Å². The molecule has 0 saturated carbocycles. The van der Waals surface area contributed by atoms with Gasteiger partial charge in [-0.05, 0) is 24.1 Å². The Balaban J connectivity index is 1.65. The number of hydrogen-bond donors (Lipinski definition) is 2. The summed E-state index contributed by atoms with van der Waals surface area (Å²) in [6, 6.07) is 6.47. The highest BCUT2D eigenvalue weighted by Gasteiger charge is 2.39. The van der Waals surface area contributed by atoms with Crippen LogP contribution in [0.1, 0.15) is 28.8 Å². The molecule has 3 heterocycles. The summed E-state index contributed by atoms with van der Waals surface area (Å²) < 4.78 is 5.36. The molecule has 1 aromatic carbocycles. The summed E-state index contributed by atoms with van der Waals surface area (Å²) >= 11 is 0. The lowest BCUT2D eigenvalue weighted by atomic mass is 10.0. The third kappa shape index (κ3) is 2.88. The maximum Gasteiger partial charge on any atom is 0.255 e. The first-order valence-electron chi connectivity index (χ1n) is 8.55. The van der Waals surface area contributed by atoms with Gasteiger partial charge in [0.15, 0.2) is 0 Å². The van der Waals surface area contributed by atoms with E-state index < -0.39 is 11.9 Å². The Bertz CT molecular complexity index is 972. The molecular weight excluding hydrogens is 348 g/mol. The van der Waals surface area contributed by atoms with Crippen molar-refractivity contribution < 1.29 is 19.1 Å². The second-order valence-electron chi connectivity index (χ2n) is 6.59. The molecule has 1 aromatic heterocycles. The van der Waals surface area contributed by atoms with Gasteiger partial charge in [0, 0.05) is 30.2 Å². The van der Waals surface area contributed by atoms with Crippen LogP contribution in [0.15, 0.2) is 30.5 Å². The third-order valence-corrected chi connectivity index (χ3v) is 4.89. The lowest BCUT2D eigenvalue weighted by molar-refractivity contribution is -0.136. The Labute approximate surface area is 155 Å². The number of fused-ring (bicyclic) bond motifs is 1. The van der Waals surface area contributed by atoms with Crippen LogP contribution in [0.4, 0.5) is 5.69 Å².